The van der Waals surface area contributed by atoms with Gasteiger partial charge in [0.1, 0.15) is 5.60 Å². The fraction of sp³-hybridized carbons (Fsp3) is 0.562. The van der Waals surface area contributed by atoms with Crippen molar-refractivity contribution in [3.8, 4) is 0 Å². The summed E-state index contributed by atoms with van der Waals surface area (Å²) in [6.07, 6.45) is -3.13. The van der Waals surface area contributed by atoms with Gasteiger partial charge in [0.05, 0.1) is 0 Å². The highest BCUT2D eigenvalue weighted by molar-refractivity contribution is 9.10. The van der Waals surface area contributed by atoms with Crippen molar-refractivity contribution in [2.45, 2.75) is 44.6 Å². The first-order valence-corrected chi connectivity index (χ1v) is 7.93. The molecule has 0 bridgehead atoms. The molecule has 6 heteroatoms. The Kier molecular flexibility index (Phi) is 4.80. The lowest BCUT2D eigenvalue weighted by atomic mass is 9.71. The zero-order chi connectivity index (χ0) is 16.5. The van der Waals surface area contributed by atoms with Crippen LogP contribution in [-0.2, 0) is 10.2 Å². The van der Waals surface area contributed by atoms with E-state index >= 15 is 0 Å². The van der Waals surface area contributed by atoms with Gasteiger partial charge in [0.25, 0.3) is 0 Å². The minimum absolute atomic E-state index is 0.253. The van der Waals surface area contributed by atoms with Crippen molar-refractivity contribution in [2.24, 2.45) is 0 Å². The number of rotatable bonds is 3. The molecule has 1 aliphatic rings. The molecule has 1 aromatic rings. The van der Waals surface area contributed by atoms with Crippen molar-refractivity contribution >= 4 is 22.0 Å². The summed E-state index contributed by atoms with van der Waals surface area (Å²) in [4.78, 5) is 13.5. The van der Waals surface area contributed by atoms with E-state index in [0.29, 0.717) is 0 Å². The number of halogens is 3. The van der Waals surface area contributed by atoms with Crippen molar-refractivity contribution in [3.05, 3.63) is 34.3 Å². The van der Waals surface area contributed by atoms with Crippen LogP contribution in [0.4, 0.5) is 13.6 Å². The molecule has 3 nitrogen and oxygen atoms in total. The summed E-state index contributed by atoms with van der Waals surface area (Å²) < 4.78 is 32.1. The van der Waals surface area contributed by atoms with E-state index in [4.69, 9.17) is 4.74 Å². The van der Waals surface area contributed by atoms with Gasteiger partial charge in [-0.2, -0.15) is 0 Å². The normalized spacial score (nSPS) is 17.3. The van der Waals surface area contributed by atoms with E-state index in [9.17, 15) is 13.6 Å². The molecular formula is C16H20BrF2NO2. The Labute approximate surface area is 137 Å². The smallest absolute Gasteiger partial charge is 0.410 e. The molecule has 1 aromatic carbocycles. The maximum absolute atomic E-state index is 13.0. The topological polar surface area (TPSA) is 29.5 Å². The summed E-state index contributed by atoms with van der Waals surface area (Å²) in [5.41, 5.74) is -0.468. The van der Waals surface area contributed by atoms with Gasteiger partial charge in [-0.05, 0) is 38.5 Å². The molecule has 1 aliphatic heterocycles. The van der Waals surface area contributed by atoms with Crippen LogP contribution in [0.3, 0.4) is 0 Å². The maximum Gasteiger partial charge on any atom is 0.410 e. The number of hydrogen-bond acceptors (Lipinski definition) is 2. The number of benzene rings is 1. The molecule has 122 valence electrons. The molecule has 1 heterocycles. The van der Waals surface area contributed by atoms with Gasteiger partial charge in [-0.25, -0.2) is 13.6 Å². The van der Waals surface area contributed by atoms with Crippen LogP contribution in [0.5, 0.6) is 0 Å². The van der Waals surface area contributed by atoms with Gasteiger partial charge in [0.15, 0.2) is 0 Å². The summed E-state index contributed by atoms with van der Waals surface area (Å²) in [6, 6.07) is 7.35. The third kappa shape index (κ3) is 3.97. The summed E-state index contributed by atoms with van der Waals surface area (Å²) in [5, 5.41) is 0. The predicted octanol–water partition coefficient (Wildman–Crippen LogP) is 4.59. The summed E-state index contributed by atoms with van der Waals surface area (Å²) >= 11 is 3.37. The average Bonchev–Trinajstić information content (AvgIpc) is 2.30. The van der Waals surface area contributed by atoms with E-state index in [-0.39, 0.29) is 19.5 Å². The van der Waals surface area contributed by atoms with Crippen LogP contribution in [0, 0.1) is 0 Å². The van der Waals surface area contributed by atoms with Gasteiger partial charge in [0.2, 0.25) is 6.43 Å². The first-order chi connectivity index (χ1) is 10.1. The van der Waals surface area contributed by atoms with E-state index in [1.54, 1.807) is 20.8 Å². The van der Waals surface area contributed by atoms with Gasteiger partial charge in [0, 0.05) is 29.4 Å². The summed E-state index contributed by atoms with van der Waals surface area (Å²) in [7, 11) is 0. The quantitative estimate of drug-likeness (QED) is 0.772. The molecular weight excluding hydrogens is 356 g/mol. The van der Waals surface area contributed by atoms with Crippen LogP contribution in [0.2, 0.25) is 0 Å². The minimum Gasteiger partial charge on any atom is -0.444 e. The summed E-state index contributed by atoms with van der Waals surface area (Å²) in [5.74, 6) is 0. The second kappa shape index (κ2) is 6.14. The molecule has 0 N–H and O–H groups in total. The number of carbonyl (C=O) groups excluding carboxylic acids is 1. The van der Waals surface area contributed by atoms with Crippen LogP contribution >= 0.6 is 15.9 Å². The van der Waals surface area contributed by atoms with Crippen LogP contribution in [-0.4, -0.2) is 36.1 Å². The third-order valence-corrected chi connectivity index (χ3v) is 4.11. The Balaban J connectivity index is 2.14. The molecule has 0 atom stereocenters. The first-order valence-electron chi connectivity index (χ1n) is 7.13. The number of amides is 1. The molecule has 1 fully saturated rings. The van der Waals surface area contributed by atoms with E-state index in [2.05, 4.69) is 15.9 Å². The number of nitrogens with zero attached hydrogens (tertiary/aromatic N) is 1. The number of likely N-dealkylation sites (tertiary alicyclic amines) is 1. The molecule has 1 amide bonds. The fourth-order valence-corrected chi connectivity index (χ4v) is 3.08. The molecule has 0 saturated carbocycles. The highest BCUT2D eigenvalue weighted by Crippen LogP contribution is 2.41. The molecule has 0 unspecified atom stereocenters. The van der Waals surface area contributed by atoms with Crippen molar-refractivity contribution in [1.29, 1.82) is 0 Å². The lowest BCUT2D eigenvalue weighted by molar-refractivity contribution is -0.0260. The second-order valence-corrected chi connectivity index (χ2v) is 7.64. The lowest BCUT2D eigenvalue weighted by Gasteiger charge is -2.50. The van der Waals surface area contributed by atoms with E-state index < -0.39 is 23.5 Å². The van der Waals surface area contributed by atoms with Gasteiger partial charge in [-0.15, -0.1) is 0 Å². The number of alkyl halides is 2. The number of hydrogen-bond donors (Lipinski definition) is 0. The minimum atomic E-state index is -2.42. The van der Waals surface area contributed by atoms with E-state index in [1.165, 1.54) is 4.90 Å². The van der Waals surface area contributed by atoms with Crippen molar-refractivity contribution in [2.75, 3.05) is 13.1 Å². The second-order valence-electron chi connectivity index (χ2n) is 6.72. The van der Waals surface area contributed by atoms with Gasteiger partial charge < -0.3 is 9.64 Å². The third-order valence-electron chi connectivity index (χ3n) is 3.62. The largest absolute Gasteiger partial charge is 0.444 e. The predicted molar refractivity (Wildman–Crippen MR) is 84.2 cm³/mol. The Bertz CT molecular complexity index is 551. The monoisotopic (exact) mass is 375 g/mol. The lowest BCUT2D eigenvalue weighted by Crippen LogP contribution is -2.62. The number of carbonyl (C=O) groups is 1. The Hall–Kier alpha value is -1.17. The summed E-state index contributed by atoms with van der Waals surface area (Å²) in [6.45, 7) is 5.85. The first kappa shape index (κ1) is 17.2. The Morgan fingerprint density at radius 1 is 1.41 bits per heavy atom. The van der Waals surface area contributed by atoms with Crippen LogP contribution in [0.15, 0.2) is 28.7 Å². The van der Waals surface area contributed by atoms with E-state index in [1.807, 2.05) is 24.3 Å². The Morgan fingerprint density at radius 3 is 2.55 bits per heavy atom. The molecule has 0 radical (unpaired) electrons. The van der Waals surface area contributed by atoms with Crippen LogP contribution in [0.25, 0.3) is 0 Å². The molecule has 22 heavy (non-hydrogen) atoms. The molecule has 0 aromatic heterocycles. The van der Waals surface area contributed by atoms with Crippen LogP contribution in [0.1, 0.15) is 32.8 Å². The van der Waals surface area contributed by atoms with E-state index in [0.717, 1.165) is 10.0 Å². The molecule has 1 saturated heterocycles. The standard InChI is InChI=1S/C16H20BrF2NO2/c1-15(2,3)22-14(21)20-9-16(10-20,8-13(18)19)11-5-4-6-12(17)7-11/h4-7,13H,8-10H2,1-3H3. The molecule has 2 rings (SSSR count). The van der Waals surface area contributed by atoms with Crippen molar-refractivity contribution in [1.82, 2.24) is 4.90 Å². The Morgan fingerprint density at radius 2 is 2.05 bits per heavy atom. The highest BCUT2D eigenvalue weighted by atomic mass is 79.9. The average molecular weight is 376 g/mol. The zero-order valence-electron chi connectivity index (χ0n) is 12.9. The van der Waals surface area contributed by atoms with Gasteiger partial charge >= 0.3 is 6.09 Å². The zero-order valence-corrected chi connectivity index (χ0v) is 14.5. The maximum atomic E-state index is 13.0. The van der Waals surface area contributed by atoms with Crippen molar-refractivity contribution < 1.29 is 18.3 Å². The highest BCUT2D eigenvalue weighted by Gasteiger charge is 2.49. The molecule has 0 spiro atoms. The van der Waals surface area contributed by atoms with Gasteiger partial charge in [-0.3, -0.25) is 0 Å². The fourth-order valence-electron chi connectivity index (χ4n) is 2.68. The molecule has 0 aliphatic carbocycles. The number of ether oxygens (including phenoxy) is 1. The van der Waals surface area contributed by atoms with Crippen LogP contribution < -0.4 is 0 Å². The van der Waals surface area contributed by atoms with Gasteiger partial charge in [-0.1, -0.05) is 28.1 Å². The van der Waals surface area contributed by atoms with Crippen molar-refractivity contribution in [3.63, 3.8) is 0 Å². The SMILES string of the molecule is CC(C)(C)OC(=O)N1CC(CC(F)F)(c2cccc(Br)c2)C1.